The van der Waals surface area contributed by atoms with Crippen LogP contribution >= 0.6 is 0 Å². The van der Waals surface area contributed by atoms with Crippen molar-refractivity contribution in [2.24, 2.45) is 5.92 Å². The summed E-state index contributed by atoms with van der Waals surface area (Å²) in [5.41, 5.74) is 0.330. The molecular weight excluding hydrogens is 172 g/mol. The first kappa shape index (κ1) is 11.3. The molecule has 0 aliphatic heterocycles. The fourth-order valence-corrected chi connectivity index (χ4v) is 1.74. The van der Waals surface area contributed by atoms with Crippen LogP contribution in [0.3, 0.4) is 0 Å². The zero-order valence-electron chi connectivity index (χ0n) is 9.33. The first-order valence-electron chi connectivity index (χ1n) is 5.34. The predicted octanol–water partition coefficient (Wildman–Crippen LogP) is 3.33. The zero-order valence-corrected chi connectivity index (χ0v) is 9.33. The van der Waals surface area contributed by atoms with Crippen molar-refractivity contribution in [2.75, 3.05) is 0 Å². The van der Waals surface area contributed by atoms with Crippen LogP contribution in [0.1, 0.15) is 39.2 Å². The van der Waals surface area contributed by atoms with Crippen molar-refractivity contribution in [1.82, 2.24) is 0 Å². The summed E-state index contributed by atoms with van der Waals surface area (Å²) in [5.74, 6) is 0.560. The number of hydrogen-bond acceptors (Lipinski definition) is 1. The van der Waals surface area contributed by atoms with Gasteiger partial charge in [-0.15, -0.1) is 0 Å². The van der Waals surface area contributed by atoms with E-state index in [9.17, 15) is 5.11 Å². The van der Waals surface area contributed by atoms with E-state index >= 15 is 0 Å². The summed E-state index contributed by atoms with van der Waals surface area (Å²) in [5, 5.41) is 10.3. The van der Waals surface area contributed by atoms with Crippen LogP contribution < -0.4 is 0 Å². The zero-order chi connectivity index (χ0) is 10.6. The van der Waals surface area contributed by atoms with Gasteiger partial charge in [-0.3, -0.25) is 0 Å². The van der Waals surface area contributed by atoms with Gasteiger partial charge in [-0.2, -0.15) is 0 Å². The van der Waals surface area contributed by atoms with Gasteiger partial charge in [-0.05, 0) is 24.8 Å². The Hall–Kier alpha value is -0.820. The molecule has 1 aromatic carbocycles. The van der Waals surface area contributed by atoms with Crippen molar-refractivity contribution in [2.45, 2.75) is 39.2 Å². The highest BCUT2D eigenvalue weighted by atomic mass is 16.3. The molecule has 1 N–H and O–H groups in total. The SMILES string of the molecule is CCC(C)CC(C)(O)c1ccccc1. The summed E-state index contributed by atoms with van der Waals surface area (Å²) < 4.78 is 0. The van der Waals surface area contributed by atoms with Crippen molar-refractivity contribution in [3.05, 3.63) is 35.9 Å². The lowest BCUT2D eigenvalue weighted by atomic mass is 9.86. The summed E-state index contributed by atoms with van der Waals surface area (Å²) in [6.45, 7) is 6.23. The van der Waals surface area contributed by atoms with Gasteiger partial charge in [0.2, 0.25) is 0 Å². The topological polar surface area (TPSA) is 20.2 Å². The molecule has 0 bridgehead atoms. The molecule has 1 aromatic rings. The Morgan fingerprint density at radius 2 is 1.86 bits per heavy atom. The van der Waals surface area contributed by atoms with E-state index in [0.29, 0.717) is 5.92 Å². The molecule has 0 fully saturated rings. The van der Waals surface area contributed by atoms with E-state index in [1.807, 2.05) is 37.3 Å². The van der Waals surface area contributed by atoms with Gasteiger partial charge in [-0.25, -0.2) is 0 Å². The molecule has 1 rings (SSSR count). The molecule has 1 heteroatoms. The monoisotopic (exact) mass is 192 g/mol. The first-order valence-corrected chi connectivity index (χ1v) is 5.34. The average Bonchev–Trinajstić information content (AvgIpc) is 2.18. The Balaban J connectivity index is 2.75. The lowest BCUT2D eigenvalue weighted by Crippen LogP contribution is -2.23. The highest BCUT2D eigenvalue weighted by molar-refractivity contribution is 5.21. The molecule has 0 aliphatic carbocycles. The third-order valence-electron chi connectivity index (χ3n) is 2.84. The van der Waals surface area contributed by atoms with E-state index in [0.717, 1.165) is 18.4 Å². The van der Waals surface area contributed by atoms with E-state index < -0.39 is 5.60 Å². The normalized spacial score (nSPS) is 17.4. The second-order valence-corrected chi connectivity index (χ2v) is 4.36. The van der Waals surface area contributed by atoms with Gasteiger partial charge < -0.3 is 5.11 Å². The summed E-state index contributed by atoms with van der Waals surface area (Å²) in [6, 6.07) is 9.90. The van der Waals surface area contributed by atoms with Gasteiger partial charge in [0.1, 0.15) is 0 Å². The predicted molar refractivity (Wildman–Crippen MR) is 60.1 cm³/mol. The fraction of sp³-hybridized carbons (Fsp3) is 0.538. The summed E-state index contributed by atoms with van der Waals surface area (Å²) in [7, 11) is 0. The molecule has 2 unspecified atom stereocenters. The van der Waals surface area contributed by atoms with Crippen LogP contribution in [0, 0.1) is 5.92 Å². The fourth-order valence-electron chi connectivity index (χ4n) is 1.74. The lowest BCUT2D eigenvalue weighted by Gasteiger charge is -2.26. The maximum atomic E-state index is 10.3. The van der Waals surface area contributed by atoms with E-state index in [2.05, 4.69) is 13.8 Å². The standard InChI is InChI=1S/C13H20O/c1-4-11(2)10-13(3,14)12-8-6-5-7-9-12/h5-9,11,14H,4,10H2,1-3H3. The first-order chi connectivity index (χ1) is 6.56. The minimum Gasteiger partial charge on any atom is -0.385 e. The molecule has 0 saturated carbocycles. The van der Waals surface area contributed by atoms with Crippen LogP contribution in [-0.2, 0) is 5.60 Å². The largest absolute Gasteiger partial charge is 0.385 e. The number of rotatable bonds is 4. The third-order valence-corrected chi connectivity index (χ3v) is 2.84. The van der Waals surface area contributed by atoms with Crippen molar-refractivity contribution >= 4 is 0 Å². The van der Waals surface area contributed by atoms with Crippen molar-refractivity contribution < 1.29 is 5.11 Å². The maximum absolute atomic E-state index is 10.3. The minimum atomic E-state index is -0.684. The maximum Gasteiger partial charge on any atom is 0.0871 e. The van der Waals surface area contributed by atoms with Crippen LogP contribution in [0.4, 0.5) is 0 Å². The summed E-state index contributed by atoms with van der Waals surface area (Å²) in [6.07, 6.45) is 1.94. The average molecular weight is 192 g/mol. The van der Waals surface area contributed by atoms with Gasteiger partial charge in [0.15, 0.2) is 0 Å². The van der Waals surface area contributed by atoms with Crippen molar-refractivity contribution in [1.29, 1.82) is 0 Å². The molecule has 78 valence electrons. The molecule has 0 radical (unpaired) electrons. The van der Waals surface area contributed by atoms with Crippen LogP contribution in [0.2, 0.25) is 0 Å². The van der Waals surface area contributed by atoms with Crippen LogP contribution in [-0.4, -0.2) is 5.11 Å². The van der Waals surface area contributed by atoms with Crippen molar-refractivity contribution in [3.8, 4) is 0 Å². The number of aliphatic hydroxyl groups is 1. The van der Waals surface area contributed by atoms with Crippen LogP contribution in [0.5, 0.6) is 0 Å². The van der Waals surface area contributed by atoms with Gasteiger partial charge >= 0.3 is 0 Å². The molecule has 0 heterocycles. The Morgan fingerprint density at radius 1 is 1.29 bits per heavy atom. The lowest BCUT2D eigenvalue weighted by molar-refractivity contribution is 0.0319. The molecule has 2 atom stereocenters. The van der Waals surface area contributed by atoms with Crippen LogP contribution in [0.25, 0.3) is 0 Å². The second kappa shape index (κ2) is 4.61. The van der Waals surface area contributed by atoms with Crippen LogP contribution in [0.15, 0.2) is 30.3 Å². The molecule has 0 saturated heterocycles. The van der Waals surface area contributed by atoms with Gasteiger partial charge in [0.05, 0.1) is 5.60 Å². The van der Waals surface area contributed by atoms with E-state index in [-0.39, 0.29) is 0 Å². The Morgan fingerprint density at radius 3 is 2.36 bits per heavy atom. The highest BCUT2D eigenvalue weighted by Gasteiger charge is 2.24. The van der Waals surface area contributed by atoms with Crippen molar-refractivity contribution in [3.63, 3.8) is 0 Å². The molecule has 1 nitrogen and oxygen atoms in total. The molecule has 0 aliphatic rings. The van der Waals surface area contributed by atoms with E-state index in [1.165, 1.54) is 0 Å². The highest BCUT2D eigenvalue weighted by Crippen LogP contribution is 2.28. The quantitative estimate of drug-likeness (QED) is 0.775. The second-order valence-electron chi connectivity index (χ2n) is 4.36. The summed E-state index contributed by atoms with van der Waals surface area (Å²) in [4.78, 5) is 0. The summed E-state index contributed by atoms with van der Waals surface area (Å²) >= 11 is 0. The molecule has 14 heavy (non-hydrogen) atoms. The Bertz CT molecular complexity index is 264. The van der Waals surface area contributed by atoms with Gasteiger partial charge in [-0.1, -0.05) is 50.6 Å². The number of benzene rings is 1. The smallest absolute Gasteiger partial charge is 0.0871 e. The molecule has 0 aromatic heterocycles. The number of hydrogen-bond donors (Lipinski definition) is 1. The molecule has 0 amide bonds. The third kappa shape index (κ3) is 2.85. The van der Waals surface area contributed by atoms with E-state index in [4.69, 9.17) is 0 Å². The Kier molecular flexibility index (Phi) is 3.70. The van der Waals surface area contributed by atoms with E-state index in [1.54, 1.807) is 0 Å². The van der Waals surface area contributed by atoms with Gasteiger partial charge in [0.25, 0.3) is 0 Å². The molecular formula is C13H20O. The van der Waals surface area contributed by atoms with Gasteiger partial charge in [0, 0.05) is 0 Å². The Labute approximate surface area is 86.8 Å². The molecule has 0 spiro atoms. The minimum absolute atomic E-state index is 0.560.